The fourth-order valence-corrected chi connectivity index (χ4v) is 4.20. The predicted octanol–water partition coefficient (Wildman–Crippen LogP) is 4.34. The zero-order chi connectivity index (χ0) is 20.4. The van der Waals surface area contributed by atoms with E-state index >= 15 is 0 Å². The van der Waals surface area contributed by atoms with E-state index < -0.39 is 5.91 Å². The topological polar surface area (TPSA) is 104 Å². The second-order valence-corrected chi connectivity index (χ2v) is 8.08. The van der Waals surface area contributed by atoms with Crippen LogP contribution in [0.3, 0.4) is 0 Å². The van der Waals surface area contributed by atoms with Crippen molar-refractivity contribution in [3.05, 3.63) is 65.0 Å². The lowest BCUT2D eigenvalue weighted by Gasteiger charge is -2.11. The van der Waals surface area contributed by atoms with Gasteiger partial charge in [-0.1, -0.05) is 42.1 Å². The summed E-state index contributed by atoms with van der Waals surface area (Å²) >= 11 is 2.70. The van der Waals surface area contributed by atoms with E-state index in [1.807, 2.05) is 54.8 Å². The highest BCUT2D eigenvalue weighted by molar-refractivity contribution is 7.98. The molecule has 2 heterocycles. The number of thiophene rings is 1. The van der Waals surface area contributed by atoms with Crippen LogP contribution in [0, 0.1) is 0 Å². The number of carbonyl (C=O) groups excluding carboxylic acids is 1. The number of nitrogen functional groups attached to an aromatic ring is 1. The third-order valence-corrected chi connectivity index (χ3v) is 5.91. The highest BCUT2D eigenvalue weighted by Gasteiger charge is 2.16. The van der Waals surface area contributed by atoms with Crippen LogP contribution in [0.5, 0.6) is 5.75 Å². The van der Waals surface area contributed by atoms with Crippen molar-refractivity contribution in [2.75, 3.05) is 12.0 Å². The normalized spacial score (nSPS) is 10.9. The fraction of sp³-hybridized carbons (Fsp3) is 0.0952. The number of ether oxygens (including phenoxy) is 1. The molecule has 4 N–H and O–H groups in total. The van der Waals surface area contributed by atoms with E-state index in [1.165, 1.54) is 23.1 Å². The third kappa shape index (κ3) is 4.03. The molecule has 0 spiro atoms. The first-order chi connectivity index (χ1) is 14.0. The number of nitrogens with two attached hydrogens (primary N) is 2. The van der Waals surface area contributed by atoms with Gasteiger partial charge in [0, 0.05) is 10.9 Å². The van der Waals surface area contributed by atoms with Crippen molar-refractivity contribution in [2.24, 2.45) is 5.73 Å². The first-order valence-corrected chi connectivity index (χ1v) is 10.8. The van der Waals surface area contributed by atoms with E-state index in [0.717, 1.165) is 21.3 Å². The van der Waals surface area contributed by atoms with Crippen molar-refractivity contribution < 1.29 is 9.53 Å². The van der Waals surface area contributed by atoms with Crippen LogP contribution in [0.2, 0.25) is 0 Å². The molecule has 0 unspecified atom stereocenters. The summed E-state index contributed by atoms with van der Waals surface area (Å²) in [6.07, 6.45) is 1.91. The van der Waals surface area contributed by atoms with Crippen LogP contribution in [0.25, 0.3) is 21.5 Å². The minimum Gasteiger partial charge on any atom is -0.487 e. The van der Waals surface area contributed by atoms with E-state index in [0.29, 0.717) is 33.8 Å². The summed E-state index contributed by atoms with van der Waals surface area (Å²) in [5.74, 6) is 0.130. The molecule has 0 saturated carbocycles. The number of primary amides is 1. The molecule has 0 aliphatic rings. The monoisotopic (exact) mass is 422 g/mol. The average Bonchev–Trinajstić information content (AvgIpc) is 3.17. The molecule has 0 fully saturated rings. The number of hydrogen-bond donors (Lipinski definition) is 2. The SMILES string of the molecule is CSc1nc(-c2ccc(OCc3ccccc3)c(N)c2)c2cc(C(N)=O)sc2n1. The van der Waals surface area contributed by atoms with Crippen molar-refractivity contribution in [1.82, 2.24) is 9.97 Å². The molecule has 4 rings (SSSR count). The highest BCUT2D eigenvalue weighted by Crippen LogP contribution is 2.36. The predicted molar refractivity (Wildman–Crippen MR) is 118 cm³/mol. The lowest BCUT2D eigenvalue weighted by atomic mass is 10.1. The van der Waals surface area contributed by atoms with Crippen molar-refractivity contribution in [3.8, 4) is 17.0 Å². The quantitative estimate of drug-likeness (QED) is 0.272. The van der Waals surface area contributed by atoms with Gasteiger partial charge in [-0.3, -0.25) is 4.79 Å². The van der Waals surface area contributed by atoms with Crippen LogP contribution in [-0.4, -0.2) is 22.1 Å². The van der Waals surface area contributed by atoms with Crippen LogP contribution in [0.15, 0.2) is 59.8 Å². The molecule has 2 aromatic heterocycles. The second-order valence-electron chi connectivity index (χ2n) is 6.28. The highest BCUT2D eigenvalue weighted by atomic mass is 32.2. The molecule has 8 heteroatoms. The molecule has 0 saturated heterocycles. The van der Waals surface area contributed by atoms with Gasteiger partial charge in [-0.05, 0) is 36.1 Å². The summed E-state index contributed by atoms with van der Waals surface area (Å²) < 4.78 is 5.86. The number of aromatic nitrogens is 2. The molecule has 0 bridgehead atoms. The fourth-order valence-electron chi connectivity index (χ4n) is 2.90. The van der Waals surface area contributed by atoms with Crippen molar-refractivity contribution in [2.45, 2.75) is 11.8 Å². The number of fused-ring (bicyclic) bond motifs is 1. The van der Waals surface area contributed by atoms with E-state index in [1.54, 1.807) is 6.07 Å². The summed E-state index contributed by atoms with van der Waals surface area (Å²) in [4.78, 5) is 21.9. The maximum Gasteiger partial charge on any atom is 0.258 e. The summed E-state index contributed by atoms with van der Waals surface area (Å²) in [5, 5.41) is 1.40. The molecular formula is C21H18N4O2S2. The maximum atomic E-state index is 11.6. The summed E-state index contributed by atoms with van der Waals surface area (Å²) in [7, 11) is 0. The number of thioether (sulfide) groups is 1. The zero-order valence-electron chi connectivity index (χ0n) is 15.6. The molecule has 4 aromatic rings. The molecule has 29 heavy (non-hydrogen) atoms. The number of hydrogen-bond acceptors (Lipinski definition) is 7. The molecule has 1 amide bonds. The summed E-state index contributed by atoms with van der Waals surface area (Å²) in [6.45, 7) is 0.436. The molecule has 0 aliphatic carbocycles. The van der Waals surface area contributed by atoms with Crippen molar-refractivity contribution in [1.29, 1.82) is 0 Å². The Bertz CT molecular complexity index is 1190. The maximum absolute atomic E-state index is 11.6. The number of benzene rings is 2. The first-order valence-electron chi connectivity index (χ1n) is 8.77. The Balaban J connectivity index is 1.70. The van der Waals surface area contributed by atoms with Gasteiger partial charge in [0.25, 0.3) is 5.91 Å². The second kappa shape index (κ2) is 8.10. The minimum atomic E-state index is -0.478. The van der Waals surface area contributed by atoms with Crippen molar-refractivity contribution >= 4 is 44.9 Å². The number of anilines is 1. The number of rotatable bonds is 6. The Labute approximate surface area is 175 Å². The van der Waals surface area contributed by atoms with Crippen molar-refractivity contribution in [3.63, 3.8) is 0 Å². The van der Waals surface area contributed by atoms with Gasteiger partial charge in [-0.2, -0.15) is 0 Å². The van der Waals surface area contributed by atoms with Gasteiger partial charge in [0.1, 0.15) is 17.2 Å². The molecule has 146 valence electrons. The van der Waals surface area contributed by atoms with Gasteiger partial charge < -0.3 is 16.2 Å². The summed E-state index contributed by atoms with van der Waals surface area (Å²) in [5.41, 5.74) is 14.8. The Kier molecular flexibility index (Phi) is 5.37. The third-order valence-electron chi connectivity index (χ3n) is 4.32. The molecular weight excluding hydrogens is 404 g/mol. The van der Waals surface area contributed by atoms with Gasteiger partial charge in [-0.15, -0.1) is 11.3 Å². The van der Waals surface area contributed by atoms with E-state index in [-0.39, 0.29) is 0 Å². The van der Waals surface area contributed by atoms with E-state index in [4.69, 9.17) is 16.2 Å². The first kappa shape index (κ1) is 19.2. The standard InChI is InChI=1S/C21H18N4O2S2/c1-28-21-24-18(14-10-17(19(23)26)29-20(14)25-21)13-7-8-16(15(22)9-13)27-11-12-5-3-2-4-6-12/h2-10H,11,22H2,1H3,(H2,23,26). The largest absolute Gasteiger partial charge is 0.487 e. The van der Waals surface area contributed by atoms with Crippen LogP contribution in [0.4, 0.5) is 5.69 Å². The average molecular weight is 423 g/mol. The van der Waals surface area contributed by atoms with Gasteiger partial charge >= 0.3 is 0 Å². The number of amides is 1. The number of nitrogens with zero attached hydrogens (tertiary/aromatic N) is 2. The molecule has 0 radical (unpaired) electrons. The lowest BCUT2D eigenvalue weighted by Crippen LogP contribution is -2.08. The van der Waals surface area contributed by atoms with E-state index in [9.17, 15) is 4.79 Å². The molecule has 2 aromatic carbocycles. The van der Waals surface area contributed by atoms with E-state index in [2.05, 4.69) is 9.97 Å². The van der Waals surface area contributed by atoms with Crippen LogP contribution in [0.1, 0.15) is 15.2 Å². The zero-order valence-corrected chi connectivity index (χ0v) is 17.2. The minimum absolute atomic E-state index is 0.436. The van der Waals surface area contributed by atoms with Gasteiger partial charge in [0.2, 0.25) is 0 Å². The molecule has 6 nitrogen and oxygen atoms in total. The Morgan fingerprint density at radius 3 is 2.62 bits per heavy atom. The number of carbonyl (C=O) groups is 1. The van der Waals surface area contributed by atoms with Crippen LogP contribution < -0.4 is 16.2 Å². The Morgan fingerprint density at radius 1 is 1.14 bits per heavy atom. The lowest BCUT2D eigenvalue weighted by molar-refractivity contribution is 0.100. The van der Waals surface area contributed by atoms with Crippen LogP contribution in [-0.2, 0) is 6.61 Å². The van der Waals surface area contributed by atoms with Gasteiger partial charge in [-0.25, -0.2) is 9.97 Å². The van der Waals surface area contributed by atoms with Gasteiger partial charge in [0.05, 0.1) is 16.3 Å². The molecule has 0 aliphatic heterocycles. The van der Waals surface area contributed by atoms with Crippen LogP contribution >= 0.6 is 23.1 Å². The smallest absolute Gasteiger partial charge is 0.258 e. The van der Waals surface area contributed by atoms with Gasteiger partial charge in [0.15, 0.2) is 5.16 Å². The molecule has 0 atom stereocenters. The summed E-state index contributed by atoms with van der Waals surface area (Å²) in [6, 6.07) is 17.2. The Hall–Kier alpha value is -3.10. The Morgan fingerprint density at radius 2 is 1.93 bits per heavy atom.